The van der Waals surface area contributed by atoms with Crippen LogP contribution in [0.15, 0.2) is 0 Å². The average Bonchev–Trinajstić information content (AvgIpc) is 1.88. The van der Waals surface area contributed by atoms with Crippen LogP contribution in [-0.4, -0.2) is 12.3 Å². The van der Waals surface area contributed by atoms with Gasteiger partial charge in [0, 0.05) is 0 Å². The molecule has 60 valence electrons. The molecule has 2 radical (unpaired) electrons. The van der Waals surface area contributed by atoms with Gasteiger partial charge in [-0.25, -0.2) is 8.78 Å². The molecule has 0 fully saturated rings. The molecule has 10 heavy (non-hydrogen) atoms. The summed E-state index contributed by atoms with van der Waals surface area (Å²) < 4.78 is 47.1. The molecule has 0 heterocycles. The summed E-state index contributed by atoms with van der Waals surface area (Å²) in [6.45, 7) is -0.271. The van der Waals surface area contributed by atoms with Crippen molar-refractivity contribution in [2.75, 3.05) is 6.67 Å². The molecule has 0 saturated carbocycles. The summed E-state index contributed by atoms with van der Waals surface area (Å²) in [5, 5.41) is 0. The molecular weight excluding hydrogens is 148 g/mol. The van der Waals surface area contributed by atoms with Crippen molar-refractivity contribution in [3.63, 3.8) is 0 Å². The van der Waals surface area contributed by atoms with E-state index in [1.807, 2.05) is 0 Å². The summed E-state index contributed by atoms with van der Waals surface area (Å²) in [6, 6.07) is 0. The smallest absolute Gasteiger partial charge is 0.247 e. The molecule has 0 aliphatic rings. The molecule has 0 aliphatic heterocycles. The Kier molecular flexibility index (Phi) is 3.68. The van der Waals surface area contributed by atoms with Crippen molar-refractivity contribution in [3.05, 3.63) is 12.8 Å². The van der Waals surface area contributed by atoms with Gasteiger partial charge in [0.05, 0.1) is 0 Å². The van der Waals surface area contributed by atoms with Crippen molar-refractivity contribution < 1.29 is 17.6 Å². The van der Waals surface area contributed by atoms with Crippen LogP contribution in [0.1, 0.15) is 13.3 Å². The second-order valence-corrected chi connectivity index (χ2v) is 1.97. The van der Waals surface area contributed by atoms with Gasteiger partial charge in [-0.05, 0) is 12.8 Å². The largest absolute Gasteiger partial charge is 0.349 e. The van der Waals surface area contributed by atoms with Crippen LogP contribution < -0.4 is 0 Å². The maximum absolute atomic E-state index is 12.5. The van der Waals surface area contributed by atoms with Gasteiger partial charge in [-0.1, -0.05) is 6.92 Å². The third-order valence-corrected chi connectivity index (χ3v) is 1.08. The lowest BCUT2D eigenvalue weighted by Crippen LogP contribution is -2.29. The fraction of sp³-hybridized carbons (Fsp3) is 0.667. The number of hydrogen-bond acceptors (Lipinski definition) is 0. The van der Waals surface area contributed by atoms with E-state index in [1.165, 1.54) is 13.3 Å². The minimum absolute atomic E-state index is 0.578. The van der Waals surface area contributed by atoms with Crippen LogP contribution >= 0.6 is 0 Å². The molecule has 0 aromatic heterocycles. The molecule has 0 saturated heterocycles. The highest BCUT2D eigenvalue weighted by molar-refractivity contribution is 4.95. The van der Waals surface area contributed by atoms with E-state index in [0.717, 1.165) is 0 Å². The van der Waals surface area contributed by atoms with Crippen molar-refractivity contribution >= 4 is 0 Å². The van der Waals surface area contributed by atoms with E-state index >= 15 is 0 Å². The highest BCUT2D eigenvalue weighted by atomic mass is 19.3. The first-order valence-electron chi connectivity index (χ1n) is 2.78. The lowest BCUT2D eigenvalue weighted by Gasteiger charge is -2.17. The minimum atomic E-state index is -3.05. The van der Waals surface area contributed by atoms with E-state index < -0.39 is 25.2 Å². The quantitative estimate of drug-likeness (QED) is 0.549. The molecule has 0 aliphatic carbocycles. The second-order valence-electron chi connectivity index (χ2n) is 1.97. The van der Waals surface area contributed by atoms with Crippen molar-refractivity contribution in [2.45, 2.75) is 19.0 Å². The monoisotopic (exact) mass is 156 g/mol. The van der Waals surface area contributed by atoms with Gasteiger partial charge in [0.1, 0.15) is 6.67 Å². The predicted octanol–water partition coefficient (Wildman–Crippen LogP) is 2.71. The SMILES string of the molecule is C[CH]CC(F)(CF)[C](F)F. The first-order chi connectivity index (χ1) is 4.56. The van der Waals surface area contributed by atoms with Crippen molar-refractivity contribution in [1.29, 1.82) is 0 Å². The molecule has 0 spiro atoms. The lowest BCUT2D eigenvalue weighted by molar-refractivity contribution is 0.0328. The summed E-state index contributed by atoms with van der Waals surface area (Å²) in [6.07, 6.45) is -1.90. The van der Waals surface area contributed by atoms with Crippen molar-refractivity contribution in [3.8, 4) is 0 Å². The summed E-state index contributed by atoms with van der Waals surface area (Å²) in [4.78, 5) is 0. The van der Waals surface area contributed by atoms with Crippen LogP contribution in [0.3, 0.4) is 0 Å². The Balaban J connectivity index is 3.94. The van der Waals surface area contributed by atoms with E-state index in [4.69, 9.17) is 0 Å². The molecule has 0 aromatic rings. The zero-order valence-corrected chi connectivity index (χ0v) is 5.50. The standard InChI is InChI=1S/C6H8F4/c1-2-3-6(10,4-7)5(8)9/h2H,3-4H2,1H3. The molecule has 0 rings (SSSR count). The highest BCUT2D eigenvalue weighted by Crippen LogP contribution is 2.31. The van der Waals surface area contributed by atoms with Crippen molar-refractivity contribution in [2.24, 2.45) is 0 Å². The number of halogens is 4. The highest BCUT2D eigenvalue weighted by Gasteiger charge is 2.41. The molecule has 0 amide bonds. The third kappa shape index (κ3) is 2.15. The maximum atomic E-state index is 12.5. The van der Waals surface area contributed by atoms with E-state index in [2.05, 4.69) is 0 Å². The van der Waals surface area contributed by atoms with Gasteiger partial charge in [-0.3, -0.25) is 0 Å². The van der Waals surface area contributed by atoms with Crippen LogP contribution in [0.25, 0.3) is 0 Å². The van der Waals surface area contributed by atoms with E-state index in [9.17, 15) is 17.6 Å². The second kappa shape index (κ2) is 3.78. The Morgan fingerprint density at radius 3 is 2.10 bits per heavy atom. The van der Waals surface area contributed by atoms with Gasteiger partial charge in [0.15, 0.2) is 0 Å². The number of rotatable bonds is 4. The maximum Gasteiger partial charge on any atom is 0.349 e. The van der Waals surface area contributed by atoms with Crippen LogP contribution in [0.2, 0.25) is 0 Å². The van der Waals surface area contributed by atoms with Gasteiger partial charge in [-0.15, -0.1) is 0 Å². The fourth-order valence-electron chi connectivity index (χ4n) is 0.506. The first kappa shape index (κ1) is 9.72. The van der Waals surface area contributed by atoms with Gasteiger partial charge in [0.2, 0.25) is 5.67 Å². The molecular formula is C6H8F4. The van der Waals surface area contributed by atoms with Gasteiger partial charge >= 0.3 is 6.43 Å². The topological polar surface area (TPSA) is 0 Å². The predicted molar refractivity (Wildman–Crippen MR) is 29.9 cm³/mol. The fourth-order valence-corrected chi connectivity index (χ4v) is 0.506. The molecule has 4 heteroatoms. The first-order valence-corrected chi connectivity index (χ1v) is 2.78. The zero-order valence-electron chi connectivity index (χ0n) is 5.50. The third-order valence-electron chi connectivity index (χ3n) is 1.08. The normalized spacial score (nSPS) is 17.4. The zero-order chi connectivity index (χ0) is 8.20. The lowest BCUT2D eigenvalue weighted by atomic mass is 10.0. The van der Waals surface area contributed by atoms with Gasteiger partial charge < -0.3 is 0 Å². The Morgan fingerprint density at radius 1 is 1.50 bits per heavy atom. The molecule has 0 bridgehead atoms. The summed E-state index contributed by atoms with van der Waals surface area (Å²) in [7, 11) is 0. The van der Waals surface area contributed by atoms with Crippen LogP contribution in [-0.2, 0) is 0 Å². The Bertz CT molecular complexity index is 93.7. The number of alkyl halides is 2. The summed E-state index contributed by atoms with van der Waals surface area (Å²) in [5.74, 6) is 0. The van der Waals surface area contributed by atoms with E-state index in [0.29, 0.717) is 0 Å². The number of hydrogen-bond donors (Lipinski definition) is 0. The summed E-state index contributed by atoms with van der Waals surface area (Å²) in [5.41, 5.74) is -3.05. The van der Waals surface area contributed by atoms with Crippen LogP contribution in [0.5, 0.6) is 0 Å². The van der Waals surface area contributed by atoms with E-state index in [1.54, 1.807) is 0 Å². The van der Waals surface area contributed by atoms with Gasteiger partial charge in [0.25, 0.3) is 0 Å². The Hall–Kier alpha value is -0.280. The van der Waals surface area contributed by atoms with Crippen molar-refractivity contribution in [1.82, 2.24) is 0 Å². The van der Waals surface area contributed by atoms with Crippen LogP contribution in [0, 0.1) is 12.8 Å². The van der Waals surface area contributed by atoms with Crippen LogP contribution in [0.4, 0.5) is 17.6 Å². The van der Waals surface area contributed by atoms with Gasteiger partial charge in [-0.2, -0.15) is 8.78 Å². The minimum Gasteiger partial charge on any atom is -0.247 e. The average molecular weight is 156 g/mol. The Morgan fingerprint density at radius 2 is 2.00 bits per heavy atom. The summed E-state index contributed by atoms with van der Waals surface area (Å²) >= 11 is 0. The molecule has 0 nitrogen and oxygen atoms in total. The molecule has 0 N–H and O–H groups in total. The molecule has 1 unspecified atom stereocenters. The van der Waals surface area contributed by atoms with E-state index in [-0.39, 0.29) is 0 Å². The molecule has 0 aromatic carbocycles. The molecule has 1 atom stereocenters. The Labute approximate surface area is 57.2 Å².